The molecule has 0 spiro atoms. The van der Waals surface area contributed by atoms with Gasteiger partial charge in [0.1, 0.15) is 5.75 Å². The van der Waals surface area contributed by atoms with Crippen LogP contribution in [-0.4, -0.2) is 37.7 Å². The first kappa shape index (κ1) is 19.5. The monoisotopic (exact) mass is 376 g/mol. The Labute approximate surface area is 155 Å². The van der Waals surface area contributed by atoms with E-state index < -0.39 is 24.5 Å². The van der Waals surface area contributed by atoms with E-state index in [1.165, 1.54) is 0 Å². The van der Waals surface area contributed by atoms with Gasteiger partial charge in [-0.2, -0.15) is 0 Å². The van der Waals surface area contributed by atoms with Crippen LogP contribution in [-0.2, 0) is 20.7 Å². The number of para-hydroxylation sites is 1. The van der Waals surface area contributed by atoms with Gasteiger partial charge in [0.15, 0.2) is 13.2 Å². The zero-order valence-electron chi connectivity index (χ0n) is 14.3. The van der Waals surface area contributed by atoms with Gasteiger partial charge in [-0.15, -0.1) is 11.3 Å². The van der Waals surface area contributed by atoms with Crippen molar-refractivity contribution >= 4 is 29.2 Å². The number of amides is 3. The number of carbonyl (C=O) groups excluding carboxylic acids is 3. The molecule has 0 unspecified atom stereocenters. The maximum atomic E-state index is 11.6. The highest BCUT2D eigenvalue weighted by Gasteiger charge is 2.11. The number of imide groups is 1. The van der Waals surface area contributed by atoms with E-state index in [-0.39, 0.29) is 6.61 Å². The lowest BCUT2D eigenvalue weighted by atomic mass is 10.2. The molecule has 0 atom stereocenters. The summed E-state index contributed by atoms with van der Waals surface area (Å²) in [4.78, 5) is 35.9. The standard InChI is InChI=1S/C18H20N2O5S/c1-13-5-2-3-7-15(13)24-12-17(22)25-11-16(21)20-18(23)19-9-8-14-6-4-10-26-14/h2-7,10H,8-9,11-12H2,1H3,(H2,19,20,21,23). The number of hydrogen-bond acceptors (Lipinski definition) is 6. The van der Waals surface area contributed by atoms with E-state index in [0.717, 1.165) is 10.4 Å². The highest BCUT2D eigenvalue weighted by molar-refractivity contribution is 7.09. The minimum atomic E-state index is -0.706. The molecule has 0 bridgehead atoms. The third kappa shape index (κ3) is 6.94. The molecule has 2 rings (SSSR count). The predicted octanol–water partition coefficient (Wildman–Crippen LogP) is 2.05. The molecule has 3 amide bonds. The van der Waals surface area contributed by atoms with E-state index >= 15 is 0 Å². The van der Waals surface area contributed by atoms with Gasteiger partial charge in [0.2, 0.25) is 0 Å². The molecule has 0 radical (unpaired) electrons. The summed E-state index contributed by atoms with van der Waals surface area (Å²) in [7, 11) is 0. The van der Waals surface area contributed by atoms with Crippen molar-refractivity contribution in [2.75, 3.05) is 19.8 Å². The van der Waals surface area contributed by atoms with Crippen LogP contribution in [0.5, 0.6) is 5.75 Å². The van der Waals surface area contributed by atoms with E-state index in [4.69, 9.17) is 9.47 Å². The van der Waals surface area contributed by atoms with Gasteiger partial charge in [-0.3, -0.25) is 10.1 Å². The highest BCUT2D eigenvalue weighted by atomic mass is 32.1. The number of urea groups is 1. The molecule has 0 fully saturated rings. The Morgan fingerprint density at radius 2 is 1.88 bits per heavy atom. The largest absolute Gasteiger partial charge is 0.482 e. The first-order valence-electron chi connectivity index (χ1n) is 7.98. The second-order valence-corrected chi connectivity index (χ2v) is 6.38. The number of benzene rings is 1. The van der Waals surface area contributed by atoms with Crippen LogP contribution in [0, 0.1) is 6.92 Å². The fraction of sp³-hybridized carbons (Fsp3) is 0.278. The van der Waals surface area contributed by atoms with Crippen LogP contribution in [0.25, 0.3) is 0 Å². The minimum absolute atomic E-state index is 0.314. The Hall–Kier alpha value is -2.87. The topological polar surface area (TPSA) is 93.7 Å². The summed E-state index contributed by atoms with van der Waals surface area (Å²) < 4.78 is 10.1. The summed E-state index contributed by atoms with van der Waals surface area (Å²) in [5, 5.41) is 6.61. The van der Waals surface area contributed by atoms with E-state index in [0.29, 0.717) is 18.7 Å². The molecule has 26 heavy (non-hydrogen) atoms. The molecule has 0 saturated carbocycles. The fourth-order valence-electron chi connectivity index (χ4n) is 2.00. The van der Waals surface area contributed by atoms with E-state index in [9.17, 15) is 14.4 Å². The molecule has 0 aliphatic heterocycles. The number of ether oxygens (including phenoxy) is 2. The number of aryl methyl sites for hydroxylation is 1. The summed E-state index contributed by atoms with van der Waals surface area (Å²) >= 11 is 1.60. The van der Waals surface area contributed by atoms with Crippen molar-refractivity contribution in [2.24, 2.45) is 0 Å². The Bertz CT molecular complexity index is 746. The summed E-state index contributed by atoms with van der Waals surface area (Å²) in [6.07, 6.45) is 0.685. The van der Waals surface area contributed by atoms with Gasteiger partial charge in [-0.1, -0.05) is 24.3 Å². The van der Waals surface area contributed by atoms with Crippen LogP contribution in [0.3, 0.4) is 0 Å². The summed E-state index contributed by atoms with van der Waals surface area (Å²) in [6.45, 7) is 1.40. The van der Waals surface area contributed by atoms with E-state index in [1.807, 2.05) is 36.6 Å². The molecule has 7 nitrogen and oxygen atoms in total. The number of carbonyl (C=O) groups is 3. The number of rotatable bonds is 8. The molecule has 2 N–H and O–H groups in total. The second kappa shape index (κ2) is 10.2. The van der Waals surface area contributed by atoms with Crippen molar-refractivity contribution in [2.45, 2.75) is 13.3 Å². The number of esters is 1. The molecule has 0 aliphatic carbocycles. The molecule has 2 aromatic rings. The number of hydrogen-bond donors (Lipinski definition) is 2. The van der Waals surface area contributed by atoms with Crippen LogP contribution in [0.1, 0.15) is 10.4 Å². The lowest BCUT2D eigenvalue weighted by Gasteiger charge is -2.09. The molecule has 138 valence electrons. The third-order valence-electron chi connectivity index (χ3n) is 3.29. The Morgan fingerprint density at radius 1 is 1.08 bits per heavy atom. The van der Waals surface area contributed by atoms with E-state index in [2.05, 4.69) is 10.6 Å². The number of nitrogens with one attached hydrogen (secondary N) is 2. The van der Waals surface area contributed by atoms with Crippen molar-refractivity contribution in [3.8, 4) is 5.75 Å². The molecule has 1 aromatic heterocycles. The lowest BCUT2D eigenvalue weighted by molar-refractivity contribution is -0.150. The maximum absolute atomic E-state index is 11.6. The average molecular weight is 376 g/mol. The summed E-state index contributed by atoms with van der Waals surface area (Å²) in [5.74, 6) is -0.830. The van der Waals surface area contributed by atoms with Crippen LogP contribution >= 0.6 is 11.3 Å². The minimum Gasteiger partial charge on any atom is -0.482 e. The molecule has 1 heterocycles. The zero-order chi connectivity index (χ0) is 18.8. The number of thiophene rings is 1. The SMILES string of the molecule is Cc1ccccc1OCC(=O)OCC(=O)NC(=O)NCCc1cccs1. The zero-order valence-corrected chi connectivity index (χ0v) is 15.1. The van der Waals surface area contributed by atoms with Gasteiger partial charge in [0.25, 0.3) is 5.91 Å². The first-order chi connectivity index (χ1) is 12.5. The van der Waals surface area contributed by atoms with Crippen LogP contribution in [0.15, 0.2) is 41.8 Å². The molecule has 0 aliphatic rings. The summed E-state index contributed by atoms with van der Waals surface area (Å²) in [6, 6.07) is 10.5. The van der Waals surface area contributed by atoms with E-state index in [1.54, 1.807) is 23.5 Å². The maximum Gasteiger partial charge on any atom is 0.344 e. The Balaban J connectivity index is 1.59. The van der Waals surface area contributed by atoms with Gasteiger partial charge < -0.3 is 14.8 Å². The average Bonchev–Trinajstić information content (AvgIpc) is 3.12. The van der Waals surface area contributed by atoms with Crippen molar-refractivity contribution in [1.82, 2.24) is 10.6 Å². The summed E-state index contributed by atoms with van der Waals surface area (Å²) in [5.41, 5.74) is 0.886. The van der Waals surface area contributed by atoms with Gasteiger partial charge >= 0.3 is 12.0 Å². The normalized spacial score (nSPS) is 10.0. The fourth-order valence-corrected chi connectivity index (χ4v) is 2.71. The van der Waals surface area contributed by atoms with Crippen LogP contribution in [0.4, 0.5) is 4.79 Å². The Morgan fingerprint density at radius 3 is 2.62 bits per heavy atom. The lowest BCUT2D eigenvalue weighted by Crippen LogP contribution is -2.42. The first-order valence-corrected chi connectivity index (χ1v) is 8.86. The molecule has 0 saturated heterocycles. The highest BCUT2D eigenvalue weighted by Crippen LogP contribution is 2.15. The van der Waals surface area contributed by atoms with Crippen LogP contribution < -0.4 is 15.4 Å². The Kier molecular flexibility index (Phi) is 7.63. The third-order valence-corrected chi connectivity index (χ3v) is 4.23. The molecule has 1 aromatic carbocycles. The van der Waals surface area contributed by atoms with Gasteiger partial charge in [0.05, 0.1) is 0 Å². The van der Waals surface area contributed by atoms with Crippen molar-refractivity contribution in [1.29, 1.82) is 0 Å². The van der Waals surface area contributed by atoms with Gasteiger partial charge in [-0.25, -0.2) is 9.59 Å². The van der Waals surface area contributed by atoms with Crippen molar-refractivity contribution < 1.29 is 23.9 Å². The van der Waals surface area contributed by atoms with Gasteiger partial charge in [0, 0.05) is 11.4 Å². The molecular weight excluding hydrogens is 356 g/mol. The van der Waals surface area contributed by atoms with Crippen LogP contribution in [0.2, 0.25) is 0 Å². The second-order valence-electron chi connectivity index (χ2n) is 5.35. The van der Waals surface area contributed by atoms with Crippen molar-refractivity contribution in [3.05, 3.63) is 52.2 Å². The van der Waals surface area contributed by atoms with Gasteiger partial charge in [-0.05, 0) is 36.4 Å². The smallest absolute Gasteiger partial charge is 0.344 e. The predicted molar refractivity (Wildman–Crippen MR) is 97.2 cm³/mol. The van der Waals surface area contributed by atoms with Crippen molar-refractivity contribution in [3.63, 3.8) is 0 Å². The molecular formula is C18H20N2O5S. The molecule has 8 heteroatoms. The quantitative estimate of drug-likeness (QED) is 0.688.